The Hall–Kier alpha value is -1.86. The Morgan fingerprint density at radius 2 is 2.00 bits per heavy atom. The Balaban J connectivity index is 0.00000400. The zero-order chi connectivity index (χ0) is 15.1. The van der Waals surface area contributed by atoms with Crippen molar-refractivity contribution in [3.05, 3.63) is 33.9 Å². The maximum absolute atomic E-state index is 11.8. The zero-order valence-corrected chi connectivity index (χ0v) is 12.9. The van der Waals surface area contributed by atoms with Gasteiger partial charge in [0.1, 0.15) is 12.3 Å². The van der Waals surface area contributed by atoms with Crippen molar-refractivity contribution in [1.82, 2.24) is 4.90 Å². The summed E-state index contributed by atoms with van der Waals surface area (Å²) in [5, 5.41) is 10.7. The molecule has 0 aliphatic heterocycles. The number of carbonyl (C=O) groups is 1. The molecular weight excluding hydrogens is 298 g/mol. The highest BCUT2D eigenvalue weighted by Gasteiger charge is 2.16. The Labute approximate surface area is 129 Å². The smallest absolute Gasteiger partial charge is 0.338 e. The number of hydrogen-bond acceptors (Lipinski definition) is 6. The summed E-state index contributed by atoms with van der Waals surface area (Å²) in [5.41, 5.74) is 5.33. The van der Waals surface area contributed by atoms with Crippen LogP contribution in [-0.4, -0.2) is 42.0 Å². The van der Waals surface area contributed by atoms with E-state index < -0.39 is 10.9 Å². The Morgan fingerprint density at radius 3 is 2.52 bits per heavy atom. The molecule has 1 rings (SSSR count). The molecule has 0 saturated heterocycles. The van der Waals surface area contributed by atoms with Crippen LogP contribution in [0.2, 0.25) is 0 Å². The fourth-order valence-corrected chi connectivity index (χ4v) is 1.72. The molecule has 0 amide bonds. The van der Waals surface area contributed by atoms with Crippen LogP contribution in [0, 0.1) is 10.1 Å². The largest absolute Gasteiger partial charge is 0.461 e. The zero-order valence-electron chi connectivity index (χ0n) is 12.1. The number of esters is 1. The highest BCUT2D eigenvalue weighted by molar-refractivity contribution is 5.91. The van der Waals surface area contributed by atoms with Gasteiger partial charge in [-0.2, -0.15) is 0 Å². The van der Waals surface area contributed by atoms with Gasteiger partial charge >= 0.3 is 5.97 Å². The molecule has 8 heteroatoms. The number of nitrogens with zero attached hydrogens (tertiary/aromatic N) is 2. The van der Waals surface area contributed by atoms with Crippen LogP contribution < -0.4 is 5.73 Å². The second-order valence-electron chi connectivity index (χ2n) is 4.19. The minimum absolute atomic E-state index is 0. The van der Waals surface area contributed by atoms with E-state index in [-0.39, 0.29) is 36.0 Å². The van der Waals surface area contributed by atoms with E-state index in [1.54, 1.807) is 0 Å². The molecule has 21 heavy (non-hydrogen) atoms. The molecule has 118 valence electrons. The SMILES string of the molecule is CCN(CC)CCOC(=O)c1ccc(N)c([N+](=O)[O-])c1.Cl. The lowest BCUT2D eigenvalue weighted by Crippen LogP contribution is -2.27. The van der Waals surface area contributed by atoms with Gasteiger partial charge in [-0.25, -0.2) is 4.79 Å². The van der Waals surface area contributed by atoms with Crippen molar-refractivity contribution in [1.29, 1.82) is 0 Å². The van der Waals surface area contributed by atoms with Gasteiger partial charge in [-0.1, -0.05) is 13.8 Å². The van der Waals surface area contributed by atoms with E-state index in [1.165, 1.54) is 12.1 Å². The lowest BCUT2D eigenvalue weighted by molar-refractivity contribution is -0.383. The van der Waals surface area contributed by atoms with Crippen molar-refractivity contribution < 1.29 is 14.5 Å². The first-order valence-electron chi connectivity index (χ1n) is 6.43. The highest BCUT2D eigenvalue weighted by atomic mass is 35.5. The van der Waals surface area contributed by atoms with Crippen LogP contribution in [0.15, 0.2) is 18.2 Å². The van der Waals surface area contributed by atoms with Crippen LogP contribution in [0.25, 0.3) is 0 Å². The molecule has 0 unspecified atom stereocenters. The molecule has 0 atom stereocenters. The lowest BCUT2D eigenvalue weighted by atomic mass is 10.2. The number of hydrogen-bond donors (Lipinski definition) is 1. The molecule has 0 aromatic heterocycles. The van der Waals surface area contributed by atoms with Crippen molar-refractivity contribution in [2.45, 2.75) is 13.8 Å². The number of anilines is 1. The summed E-state index contributed by atoms with van der Waals surface area (Å²) in [6.45, 7) is 6.68. The van der Waals surface area contributed by atoms with Gasteiger partial charge in [-0.3, -0.25) is 10.1 Å². The van der Waals surface area contributed by atoms with E-state index >= 15 is 0 Å². The monoisotopic (exact) mass is 317 g/mol. The number of nitrogen functional groups attached to an aromatic ring is 1. The summed E-state index contributed by atoms with van der Waals surface area (Å²) in [5.74, 6) is -0.583. The second kappa shape index (κ2) is 9.15. The Morgan fingerprint density at radius 1 is 1.38 bits per heavy atom. The van der Waals surface area contributed by atoms with Crippen molar-refractivity contribution in [2.75, 3.05) is 32.0 Å². The van der Waals surface area contributed by atoms with Crippen LogP contribution in [0.1, 0.15) is 24.2 Å². The first-order valence-corrected chi connectivity index (χ1v) is 6.43. The van der Waals surface area contributed by atoms with Gasteiger partial charge in [0.2, 0.25) is 0 Å². The Kier molecular flexibility index (Phi) is 8.34. The van der Waals surface area contributed by atoms with Crippen LogP contribution in [0.3, 0.4) is 0 Å². The molecule has 0 aliphatic rings. The summed E-state index contributed by atoms with van der Waals surface area (Å²) < 4.78 is 5.09. The number of benzene rings is 1. The summed E-state index contributed by atoms with van der Waals surface area (Å²) >= 11 is 0. The standard InChI is InChI=1S/C13H19N3O4.ClH/c1-3-15(4-2)7-8-20-13(17)10-5-6-11(14)12(9-10)16(18)19;/h5-6,9H,3-4,7-8,14H2,1-2H3;1H. The quantitative estimate of drug-likeness (QED) is 0.358. The maximum Gasteiger partial charge on any atom is 0.338 e. The molecule has 0 spiro atoms. The molecule has 0 bridgehead atoms. The third-order valence-corrected chi connectivity index (χ3v) is 3.00. The van der Waals surface area contributed by atoms with Crippen molar-refractivity contribution in [3.8, 4) is 0 Å². The van der Waals surface area contributed by atoms with Gasteiger partial charge in [-0.05, 0) is 25.2 Å². The van der Waals surface area contributed by atoms with Crippen molar-refractivity contribution >= 4 is 29.8 Å². The van der Waals surface area contributed by atoms with Crippen LogP contribution >= 0.6 is 12.4 Å². The molecule has 0 fully saturated rings. The minimum Gasteiger partial charge on any atom is -0.461 e. The average Bonchev–Trinajstić information content (AvgIpc) is 2.43. The molecule has 0 heterocycles. The first kappa shape index (κ1) is 19.1. The number of ether oxygens (including phenoxy) is 1. The van der Waals surface area contributed by atoms with Gasteiger partial charge < -0.3 is 15.4 Å². The molecule has 1 aromatic carbocycles. The predicted octanol–water partition coefficient (Wildman–Crippen LogP) is 2.10. The molecule has 7 nitrogen and oxygen atoms in total. The minimum atomic E-state index is -0.623. The van der Waals surface area contributed by atoms with Crippen molar-refractivity contribution in [2.24, 2.45) is 0 Å². The van der Waals surface area contributed by atoms with E-state index in [0.29, 0.717) is 6.54 Å². The van der Waals surface area contributed by atoms with E-state index in [2.05, 4.69) is 4.90 Å². The molecule has 0 radical (unpaired) electrons. The Bertz CT molecular complexity index is 492. The third-order valence-electron chi connectivity index (χ3n) is 3.00. The predicted molar refractivity (Wildman–Crippen MR) is 82.8 cm³/mol. The second-order valence-corrected chi connectivity index (χ2v) is 4.19. The number of nitrogens with two attached hydrogens (primary N) is 1. The van der Waals surface area contributed by atoms with E-state index in [1.807, 2.05) is 13.8 Å². The molecule has 1 aromatic rings. The third kappa shape index (κ3) is 5.57. The number of rotatable bonds is 7. The number of nitro groups is 1. The van der Waals surface area contributed by atoms with Gasteiger partial charge in [0, 0.05) is 12.6 Å². The summed E-state index contributed by atoms with van der Waals surface area (Å²) in [7, 11) is 0. The van der Waals surface area contributed by atoms with Gasteiger partial charge in [0.05, 0.1) is 10.5 Å². The fourth-order valence-electron chi connectivity index (χ4n) is 1.72. The first-order chi connectivity index (χ1) is 9.49. The summed E-state index contributed by atoms with van der Waals surface area (Å²) in [6, 6.07) is 3.89. The van der Waals surface area contributed by atoms with E-state index in [9.17, 15) is 14.9 Å². The number of nitro benzene ring substituents is 1. The topological polar surface area (TPSA) is 98.7 Å². The van der Waals surface area contributed by atoms with Gasteiger partial charge in [0.25, 0.3) is 5.69 Å². The van der Waals surface area contributed by atoms with Crippen LogP contribution in [-0.2, 0) is 4.74 Å². The van der Waals surface area contributed by atoms with Crippen LogP contribution in [0.4, 0.5) is 11.4 Å². The highest BCUT2D eigenvalue weighted by Crippen LogP contribution is 2.22. The number of likely N-dealkylation sites (N-methyl/N-ethyl adjacent to an activating group) is 1. The van der Waals surface area contributed by atoms with E-state index in [0.717, 1.165) is 19.2 Å². The van der Waals surface area contributed by atoms with Gasteiger partial charge in [0.15, 0.2) is 0 Å². The van der Waals surface area contributed by atoms with Crippen LogP contribution in [0.5, 0.6) is 0 Å². The number of halogens is 1. The van der Waals surface area contributed by atoms with E-state index in [4.69, 9.17) is 10.5 Å². The summed E-state index contributed by atoms with van der Waals surface area (Å²) in [4.78, 5) is 24.0. The molecule has 0 saturated carbocycles. The molecule has 0 aliphatic carbocycles. The lowest BCUT2D eigenvalue weighted by Gasteiger charge is -2.17. The fraction of sp³-hybridized carbons (Fsp3) is 0.462. The van der Waals surface area contributed by atoms with Gasteiger partial charge in [-0.15, -0.1) is 12.4 Å². The average molecular weight is 318 g/mol. The number of carbonyl (C=O) groups excluding carboxylic acids is 1. The molecular formula is C13H20ClN3O4. The normalized spacial score (nSPS) is 10.0. The maximum atomic E-state index is 11.8. The van der Waals surface area contributed by atoms with Crippen molar-refractivity contribution in [3.63, 3.8) is 0 Å². The summed E-state index contributed by atoms with van der Waals surface area (Å²) in [6.07, 6.45) is 0. The molecule has 2 N–H and O–H groups in total.